The van der Waals surface area contributed by atoms with Crippen LogP contribution in [-0.2, 0) is 14.3 Å². The molecule has 0 saturated heterocycles. The second-order valence-electron chi connectivity index (χ2n) is 5.60. The van der Waals surface area contributed by atoms with Gasteiger partial charge in [-0.25, -0.2) is 0 Å². The Morgan fingerprint density at radius 3 is 2.47 bits per heavy atom. The van der Waals surface area contributed by atoms with Crippen molar-refractivity contribution in [2.75, 3.05) is 19.8 Å². The van der Waals surface area contributed by atoms with Gasteiger partial charge in [-0.1, -0.05) is 26.7 Å². The van der Waals surface area contributed by atoms with E-state index in [9.17, 15) is 9.59 Å². The highest BCUT2D eigenvalue weighted by Crippen LogP contribution is 2.30. The Labute approximate surface area is 114 Å². The SMILES string of the molecule is CC(C)COCCNC(=O)C1CCCCC1C(=O)O. The maximum atomic E-state index is 12.0. The Bertz CT molecular complexity index is 304. The van der Waals surface area contributed by atoms with E-state index >= 15 is 0 Å². The molecule has 0 radical (unpaired) electrons. The average molecular weight is 271 g/mol. The van der Waals surface area contributed by atoms with Crippen molar-refractivity contribution in [3.8, 4) is 0 Å². The van der Waals surface area contributed by atoms with Crippen molar-refractivity contribution in [1.29, 1.82) is 0 Å². The van der Waals surface area contributed by atoms with Crippen LogP contribution in [0.15, 0.2) is 0 Å². The van der Waals surface area contributed by atoms with Gasteiger partial charge < -0.3 is 15.2 Å². The number of hydrogen-bond acceptors (Lipinski definition) is 3. The van der Waals surface area contributed by atoms with E-state index in [2.05, 4.69) is 19.2 Å². The van der Waals surface area contributed by atoms with E-state index in [1.54, 1.807) is 0 Å². The molecule has 0 aromatic heterocycles. The molecule has 1 aliphatic rings. The van der Waals surface area contributed by atoms with E-state index < -0.39 is 11.9 Å². The predicted octanol–water partition coefficient (Wildman–Crippen LogP) is 1.67. The molecule has 5 heteroatoms. The highest BCUT2D eigenvalue weighted by molar-refractivity contribution is 5.84. The largest absolute Gasteiger partial charge is 0.481 e. The molecule has 19 heavy (non-hydrogen) atoms. The summed E-state index contributed by atoms with van der Waals surface area (Å²) in [5.74, 6) is -1.41. The van der Waals surface area contributed by atoms with Gasteiger partial charge in [-0.15, -0.1) is 0 Å². The van der Waals surface area contributed by atoms with Gasteiger partial charge in [-0.3, -0.25) is 9.59 Å². The molecule has 110 valence electrons. The monoisotopic (exact) mass is 271 g/mol. The van der Waals surface area contributed by atoms with Gasteiger partial charge in [-0.05, 0) is 18.8 Å². The van der Waals surface area contributed by atoms with Crippen LogP contribution in [0.4, 0.5) is 0 Å². The summed E-state index contributed by atoms with van der Waals surface area (Å²) in [6.07, 6.45) is 3.12. The lowest BCUT2D eigenvalue weighted by Gasteiger charge is -2.27. The van der Waals surface area contributed by atoms with E-state index in [0.717, 1.165) is 12.8 Å². The van der Waals surface area contributed by atoms with Crippen LogP contribution < -0.4 is 5.32 Å². The van der Waals surface area contributed by atoms with Crippen LogP contribution in [0.3, 0.4) is 0 Å². The van der Waals surface area contributed by atoms with E-state index in [-0.39, 0.29) is 11.8 Å². The number of hydrogen-bond donors (Lipinski definition) is 2. The van der Waals surface area contributed by atoms with Gasteiger partial charge in [0.05, 0.1) is 18.4 Å². The number of carboxylic acid groups (broad SMARTS) is 1. The van der Waals surface area contributed by atoms with Crippen LogP contribution in [0.2, 0.25) is 0 Å². The molecule has 0 aliphatic heterocycles. The van der Waals surface area contributed by atoms with Gasteiger partial charge in [0.2, 0.25) is 5.91 Å². The fraction of sp³-hybridized carbons (Fsp3) is 0.857. The molecule has 1 aliphatic carbocycles. The van der Waals surface area contributed by atoms with Crippen molar-refractivity contribution in [3.05, 3.63) is 0 Å². The Hall–Kier alpha value is -1.10. The second-order valence-corrected chi connectivity index (χ2v) is 5.60. The summed E-state index contributed by atoms with van der Waals surface area (Å²) in [6.45, 7) is 5.75. The molecule has 0 spiro atoms. The number of amides is 1. The fourth-order valence-corrected chi connectivity index (χ4v) is 2.44. The predicted molar refractivity (Wildman–Crippen MR) is 71.8 cm³/mol. The summed E-state index contributed by atoms with van der Waals surface area (Å²) in [7, 11) is 0. The Morgan fingerprint density at radius 1 is 1.26 bits per heavy atom. The standard InChI is InChI=1S/C14H25NO4/c1-10(2)9-19-8-7-15-13(16)11-5-3-4-6-12(11)14(17)18/h10-12H,3-9H2,1-2H3,(H,15,16)(H,17,18). The van der Waals surface area contributed by atoms with E-state index in [1.807, 2.05) is 0 Å². The topological polar surface area (TPSA) is 75.6 Å². The summed E-state index contributed by atoms with van der Waals surface area (Å²) < 4.78 is 5.38. The molecule has 0 heterocycles. The molecule has 2 atom stereocenters. The van der Waals surface area contributed by atoms with Crippen LogP contribution in [0.1, 0.15) is 39.5 Å². The zero-order valence-electron chi connectivity index (χ0n) is 11.9. The van der Waals surface area contributed by atoms with Crippen molar-refractivity contribution < 1.29 is 19.4 Å². The minimum Gasteiger partial charge on any atom is -0.481 e. The van der Waals surface area contributed by atoms with Crippen LogP contribution in [0.25, 0.3) is 0 Å². The maximum absolute atomic E-state index is 12.0. The molecule has 0 aromatic carbocycles. The first-order valence-corrected chi connectivity index (χ1v) is 7.10. The molecule has 1 rings (SSSR count). The molecule has 2 unspecified atom stereocenters. The number of rotatable bonds is 7. The van der Waals surface area contributed by atoms with Gasteiger partial charge >= 0.3 is 5.97 Å². The van der Waals surface area contributed by atoms with Crippen molar-refractivity contribution >= 4 is 11.9 Å². The molecule has 1 amide bonds. The van der Waals surface area contributed by atoms with Gasteiger partial charge in [-0.2, -0.15) is 0 Å². The summed E-state index contributed by atoms with van der Waals surface area (Å²) >= 11 is 0. The Morgan fingerprint density at radius 2 is 1.89 bits per heavy atom. The summed E-state index contributed by atoms with van der Waals surface area (Å²) in [5.41, 5.74) is 0. The van der Waals surface area contributed by atoms with Gasteiger partial charge in [0.15, 0.2) is 0 Å². The second kappa shape index (κ2) is 8.15. The van der Waals surface area contributed by atoms with E-state index in [1.165, 1.54) is 0 Å². The van der Waals surface area contributed by atoms with Crippen molar-refractivity contribution in [3.63, 3.8) is 0 Å². The van der Waals surface area contributed by atoms with Crippen molar-refractivity contribution in [2.45, 2.75) is 39.5 Å². The van der Waals surface area contributed by atoms with Gasteiger partial charge in [0.25, 0.3) is 0 Å². The molecule has 2 N–H and O–H groups in total. The number of ether oxygens (including phenoxy) is 1. The lowest BCUT2D eigenvalue weighted by Crippen LogP contribution is -2.40. The number of carboxylic acids is 1. The Kier molecular flexibility index (Phi) is 6.84. The summed E-state index contributed by atoms with van der Waals surface area (Å²) in [4.78, 5) is 23.1. The normalized spacial score (nSPS) is 23.3. The molecular weight excluding hydrogens is 246 g/mol. The van der Waals surface area contributed by atoms with E-state index in [4.69, 9.17) is 9.84 Å². The van der Waals surface area contributed by atoms with E-state index in [0.29, 0.717) is 38.5 Å². The van der Waals surface area contributed by atoms with Crippen molar-refractivity contribution in [1.82, 2.24) is 5.32 Å². The summed E-state index contributed by atoms with van der Waals surface area (Å²) in [5, 5.41) is 11.9. The zero-order chi connectivity index (χ0) is 14.3. The number of nitrogens with one attached hydrogen (secondary N) is 1. The van der Waals surface area contributed by atoms with Crippen LogP contribution in [0.5, 0.6) is 0 Å². The fourth-order valence-electron chi connectivity index (χ4n) is 2.44. The van der Waals surface area contributed by atoms with Crippen molar-refractivity contribution in [2.24, 2.45) is 17.8 Å². The highest BCUT2D eigenvalue weighted by atomic mass is 16.5. The minimum absolute atomic E-state index is 0.139. The third-order valence-electron chi connectivity index (χ3n) is 3.42. The highest BCUT2D eigenvalue weighted by Gasteiger charge is 2.35. The molecule has 1 fully saturated rings. The lowest BCUT2D eigenvalue weighted by atomic mass is 9.79. The maximum Gasteiger partial charge on any atom is 0.307 e. The number of aliphatic carboxylic acids is 1. The van der Waals surface area contributed by atoms with Crippen LogP contribution >= 0.6 is 0 Å². The number of carbonyl (C=O) groups excluding carboxylic acids is 1. The first-order valence-electron chi connectivity index (χ1n) is 7.10. The summed E-state index contributed by atoms with van der Waals surface area (Å²) in [6, 6.07) is 0. The molecule has 0 aromatic rings. The van der Waals surface area contributed by atoms with Gasteiger partial charge in [0.1, 0.15) is 0 Å². The van der Waals surface area contributed by atoms with Crippen LogP contribution in [-0.4, -0.2) is 36.7 Å². The molecule has 1 saturated carbocycles. The molecule has 0 bridgehead atoms. The first-order chi connectivity index (χ1) is 9.02. The molecule has 5 nitrogen and oxygen atoms in total. The first kappa shape index (κ1) is 16.0. The van der Waals surface area contributed by atoms with Gasteiger partial charge in [0, 0.05) is 13.2 Å². The smallest absolute Gasteiger partial charge is 0.307 e. The zero-order valence-corrected chi connectivity index (χ0v) is 11.9. The quantitative estimate of drug-likeness (QED) is 0.691. The lowest BCUT2D eigenvalue weighted by molar-refractivity contribution is -0.148. The third kappa shape index (κ3) is 5.59. The Balaban J connectivity index is 2.29. The number of carbonyl (C=O) groups is 2. The van der Waals surface area contributed by atoms with Crippen LogP contribution in [0, 0.1) is 17.8 Å². The minimum atomic E-state index is -0.851. The average Bonchev–Trinajstić information content (AvgIpc) is 2.37. The molecular formula is C14H25NO4. The third-order valence-corrected chi connectivity index (χ3v) is 3.42.